The van der Waals surface area contributed by atoms with Crippen molar-refractivity contribution in [1.29, 1.82) is 5.26 Å². The first-order chi connectivity index (χ1) is 25.9. The first-order valence-electron chi connectivity index (χ1n) is 18.5. The molecule has 12 heteroatoms. The number of ether oxygens (including phenoxy) is 2. The number of nitrogens with zero attached hydrogens (tertiary/aromatic N) is 7. The van der Waals surface area contributed by atoms with Crippen LogP contribution in [0.2, 0.25) is 5.02 Å². The minimum atomic E-state index is -0.264. The molecule has 4 aromatic rings. The van der Waals surface area contributed by atoms with Gasteiger partial charge in [0, 0.05) is 65.6 Å². The maximum atomic E-state index is 12.7. The summed E-state index contributed by atoms with van der Waals surface area (Å²) in [4.78, 5) is 31.6. The normalized spacial score (nSPS) is 18.9. The number of aromatic nitrogens is 2. The number of nitriles is 1. The van der Waals surface area contributed by atoms with Gasteiger partial charge in [-0.2, -0.15) is 15.2 Å². The second kappa shape index (κ2) is 17.5. The highest BCUT2D eigenvalue weighted by atomic mass is 127. The zero-order valence-corrected chi connectivity index (χ0v) is 32.8. The number of carbonyl (C=O) groups excluding carboxylic acids is 1. The topological polar surface area (TPSA) is 98.1 Å². The van der Waals surface area contributed by atoms with Gasteiger partial charge in [0.25, 0.3) is 0 Å². The molecule has 0 saturated carbocycles. The van der Waals surface area contributed by atoms with Crippen molar-refractivity contribution < 1.29 is 14.3 Å². The average molecular weight is 846 g/mol. The molecule has 0 aliphatic carbocycles. The third kappa shape index (κ3) is 8.72. The van der Waals surface area contributed by atoms with Gasteiger partial charge < -0.3 is 24.2 Å². The first kappa shape index (κ1) is 37.4. The minimum absolute atomic E-state index is 0.151. The van der Waals surface area contributed by atoms with Crippen LogP contribution in [0.1, 0.15) is 42.5 Å². The number of fused-ring (bicyclic) bond motifs is 2. The van der Waals surface area contributed by atoms with Gasteiger partial charge in [0.1, 0.15) is 12.4 Å². The zero-order chi connectivity index (χ0) is 36.7. The lowest BCUT2D eigenvalue weighted by molar-refractivity contribution is -0.128. The van der Waals surface area contributed by atoms with Crippen molar-refractivity contribution in [3.63, 3.8) is 0 Å². The number of benzene rings is 3. The van der Waals surface area contributed by atoms with Crippen LogP contribution in [0, 0.1) is 14.9 Å². The molecule has 2 fully saturated rings. The SMILES string of the molecule is C=CC(=O)N1CCN(c2nc(OC[C@@H]3CCCN3CCCOCc3cccc(I)c3)nc3c2CCN(c2cccc4cccc(Cl)c24)C3)C[C@@H]1CC#N. The highest BCUT2D eigenvalue weighted by Gasteiger charge is 2.34. The number of anilines is 2. The standard InChI is InChI=1S/C41H45ClIN7O3/c1-2-38(51)50-22-21-49(25-32(50)15-17-44)40-34-16-20-48(37-14-5-10-30-9-4-13-35(42)39(30)37)26-36(34)45-41(46-40)53-28-33-12-6-18-47(33)19-7-23-52-27-29-8-3-11-31(43)24-29/h2-5,8-11,13-14,24,32-33H,1,6-7,12,15-16,18-23,25-28H2/t32-,33-/m0/s1. The third-order valence-electron chi connectivity index (χ3n) is 10.6. The van der Waals surface area contributed by atoms with Crippen LogP contribution in [0.5, 0.6) is 6.01 Å². The summed E-state index contributed by atoms with van der Waals surface area (Å²) in [5.41, 5.74) is 4.30. The average Bonchev–Trinajstić information content (AvgIpc) is 3.63. The Morgan fingerprint density at radius 1 is 1.06 bits per heavy atom. The molecule has 1 amide bonds. The molecule has 0 unspecified atom stereocenters. The minimum Gasteiger partial charge on any atom is -0.462 e. The van der Waals surface area contributed by atoms with Gasteiger partial charge in [-0.25, -0.2) is 0 Å². The van der Waals surface area contributed by atoms with Crippen LogP contribution in [0.4, 0.5) is 11.5 Å². The van der Waals surface area contributed by atoms with Gasteiger partial charge in [-0.15, -0.1) is 0 Å². The fourth-order valence-corrected chi connectivity index (χ4v) is 8.82. The lowest BCUT2D eigenvalue weighted by atomic mass is 10.0. The predicted molar refractivity (Wildman–Crippen MR) is 217 cm³/mol. The van der Waals surface area contributed by atoms with Crippen LogP contribution in [0.3, 0.4) is 0 Å². The lowest BCUT2D eigenvalue weighted by Gasteiger charge is -2.42. The van der Waals surface area contributed by atoms with E-state index in [1.54, 1.807) is 4.90 Å². The van der Waals surface area contributed by atoms with Gasteiger partial charge >= 0.3 is 6.01 Å². The summed E-state index contributed by atoms with van der Waals surface area (Å²) in [6.45, 7) is 10.5. The van der Waals surface area contributed by atoms with Crippen molar-refractivity contribution in [2.45, 2.75) is 57.3 Å². The Hall–Kier alpha value is -3.96. The number of amides is 1. The van der Waals surface area contributed by atoms with Crippen molar-refractivity contribution in [3.05, 3.63) is 98.7 Å². The van der Waals surface area contributed by atoms with Crippen molar-refractivity contribution in [2.24, 2.45) is 0 Å². The second-order valence-electron chi connectivity index (χ2n) is 13.9. The monoisotopic (exact) mass is 845 g/mol. The van der Waals surface area contributed by atoms with E-state index in [1.807, 2.05) is 12.1 Å². The fraction of sp³-hybridized carbons (Fsp3) is 0.415. The molecule has 0 bridgehead atoms. The summed E-state index contributed by atoms with van der Waals surface area (Å²) in [5.74, 6) is 0.685. The van der Waals surface area contributed by atoms with Gasteiger partial charge in [0.05, 0.1) is 42.4 Å². The van der Waals surface area contributed by atoms with Gasteiger partial charge in [-0.05, 0) is 96.1 Å². The number of hydrogen-bond donors (Lipinski definition) is 0. The van der Waals surface area contributed by atoms with E-state index in [1.165, 1.54) is 15.2 Å². The van der Waals surface area contributed by atoms with Gasteiger partial charge in [-0.3, -0.25) is 9.69 Å². The Balaban J connectivity index is 1.08. The van der Waals surface area contributed by atoms with Crippen LogP contribution in [0.25, 0.3) is 10.8 Å². The van der Waals surface area contributed by atoms with Crippen LogP contribution in [0.15, 0.2) is 73.3 Å². The summed E-state index contributed by atoms with van der Waals surface area (Å²) in [5, 5.41) is 12.5. The molecule has 53 heavy (non-hydrogen) atoms. The summed E-state index contributed by atoms with van der Waals surface area (Å²) in [6.07, 6.45) is 5.45. The Kier molecular flexibility index (Phi) is 12.3. The zero-order valence-electron chi connectivity index (χ0n) is 29.9. The van der Waals surface area contributed by atoms with E-state index in [0.717, 1.165) is 83.9 Å². The van der Waals surface area contributed by atoms with Gasteiger partial charge in [0.15, 0.2) is 0 Å². The molecular formula is C41H45ClIN7O3. The summed E-state index contributed by atoms with van der Waals surface area (Å²) in [6, 6.07) is 23.4. The Morgan fingerprint density at radius 3 is 2.74 bits per heavy atom. The molecule has 3 aliphatic rings. The first-order valence-corrected chi connectivity index (χ1v) is 19.9. The number of halogens is 2. The predicted octanol–water partition coefficient (Wildman–Crippen LogP) is 7.02. The lowest BCUT2D eigenvalue weighted by Crippen LogP contribution is -2.55. The molecule has 1 aromatic heterocycles. The Bertz CT molecular complexity index is 1980. The van der Waals surface area contributed by atoms with E-state index in [4.69, 9.17) is 31.0 Å². The summed E-state index contributed by atoms with van der Waals surface area (Å²) >= 11 is 9.10. The molecule has 2 atom stereocenters. The third-order valence-corrected chi connectivity index (χ3v) is 11.5. The quantitative estimate of drug-likeness (QED) is 0.0800. The second-order valence-corrected chi connectivity index (χ2v) is 15.6. The number of piperazine rings is 1. The van der Waals surface area contributed by atoms with Gasteiger partial charge in [0.2, 0.25) is 5.91 Å². The fourth-order valence-electron chi connectivity index (χ4n) is 7.93. The molecule has 10 nitrogen and oxygen atoms in total. The molecular weight excluding hydrogens is 801 g/mol. The van der Waals surface area contributed by atoms with Crippen molar-refractivity contribution >= 4 is 62.4 Å². The highest BCUT2D eigenvalue weighted by Crippen LogP contribution is 2.37. The van der Waals surface area contributed by atoms with Crippen LogP contribution < -0.4 is 14.5 Å². The smallest absolute Gasteiger partial charge is 0.318 e. The summed E-state index contributed by atoms with van der Waals surface area (Å²) in [7, 11) is 0. The van der Waals surface area contributed by atoms with Gasteiger partial charge in [-0.1, -0.05) is 54.6 Å². The molecule has 7 rings (SSSR count). The molecule has 0 N–H and O–H groups in total. The van der Waals surface area contributed by atoms with E-state index in [9.17, 15) is 10.1 Å². The Labute approximate surface area is 330 Å². The summed E-state index contributed by atoms with van der Waals surface area (Å²) < 4.78 is 13.7. The Morgan fingerprint density at radius 2 is 1.91 bits per heavy atom. The molecule has 4 heterocycles. The largest absolute Gasteiger partial charge is 0.462 e. The van der Waals surface area contributed by atoms with E-state index in [2.05, 4.69) is 98.5 Å². The molecule has 3 aromatic carbocycles. The number of rotatable bonds is 13. The van der Waals surface area contributed by atoms with Crippen LogP contribution in [-0.2, 0) is 29.1 Å². The highest BCUT2D eigenvalue weighted by molar-refractivity contribution is 14.1. The number of hydrogen-bond acceptors (Lipinski definition) is 9. The molecule has 3 aliphatic heterocycles. The molecule has 0 radical (unpaired) electrons. The van der Waals surface area contributed by atoms with Crippen molar-refractivity contribution in [3.8, 4) is 12.1 Å². The molecule has 2 saturated heterocycles. The van der Waals surface area contributed by atoms with Crippen LogP contribution in [-0.4, -0.2) is 90.2 Å². The van der Waals surface area contributed by atoms with E-state index in [-0.39, 0.29) is 24.4 Å². The van der Waals surface area contributed by atoms with Crippen LogP contribution >= 0.6 is 34.2 Å². The van der Waals surface area contributed by atoms with Crippen molar-refractivity contribution in [1.82, 2.24) is 19.8 Å². The molecule has 276 valence electrons. The van der Waals surface area contributed by atoms with E-state index in [0.29, 0.717) is 52.0 Å². The van der Waals surface area contributed by atoms with E-state index < -0.39 is 0 Å². The maximum Gasteiger partial charge on any atom is 0.318 e. The molecule has 0 spiro atoms. The number of carbonyl (C=O) groups is 1. The van der Waals surface area contributed by atoms with Crippen molar-refractivity contribution in [2.75, 3.05) is 62.3 Å². The maximum absolute atomic E-state index is 12.7. The van der Waals surface area contributed by atoms with E-state index >= 15 is 0 Å². The number of likely N-dealkylation sites (tertiary alicyclic amines) is 1.